The molecule has 0 N–H and O–H groups in total. The maximum atomic E-state index is 12.2. The quantitative estimate of drug-likeness (QED) is 0.763. The lowest BCUT2D eigenvalue weighted by atomic mass is 10.0. The van der Waals surface area contributed by atoms with Crippen LogP contribution in [0.3, 0.4) is 0 Å². The van der Waals surface area contributed by atoms with Crippen LogP contribution in [0.25, 0.3) is 0 Å². The zero-order chi connectivity index (χ0) is 13.1. The Kier molecular flexibility index (Phi) is 3.97. The molecule has 0 saturated heterocycles. The van der Waals surface area contributed by atoms with E-state index in [1.54, 1.807) is 0 Å². The van der Waals surface area contributed by atoms with E-state index in [4.69, 9.17) is 0 Å². The van der Waals surface area contributed by atoms with Crippen LogP contribution >= 0.6 is 15.9 Å². The third-order valence-electron chi connectivity index (χ3n) is 2.94. The van der Waals surface area contributed by atoms with Gasteiger partial charge in [0.05, 0.1) is 0 Å². The van der Waals surface area contributed by atoms with Gasteiger partial charge in [-0.15, -0.1) is 0 Å². The van der Waals surface area contributed by atoms with E-state index in [1.165, 1.54) is 5.56 Å². The number of aryl methyl sites for hydroxylation is 2. The highest BCUT2D eigenvalue weighted by molar-refractivity contribution is 9.10. The molecule has 0 heterocycles. The first-order valence-electron chi connectivity index (χ1n) is 5.91. The summed E-state index contributed by atoms with van der Waals surface area (Å²) in [6.07, 6.45) is 0.456. The van der Waals surface area contributed by atoms with Crippen molar-refractivity contribution in [2.24, 2.45) is 0 Å². The number of carbonyl (C=O) groups is 1. The Balaban J connectivity index is 2.19. The van der Waals surface area contributed by atoms with Gasteiger partial charge in [0.15, 0.2) is 5.78 Å². The minimum absolute atomic E-state index is 0.154. The Morgan fingerprint density at radius 1 is 1.11 bits per heavy atom. The van der Waals surface area contributed by atoms with Crippen molar-refractivity contribution in [2.75, 3.05) is 0 Å². The Morgan fingerprint density at radius 2 is 1.89 bits per heavy atom. The Labute approximate surface area is 116 Å². The van der Waals surface area contributed by atoms with Crippen LogP contribution in [0.5, 0.6) is 0 Å². The molecule has 0 unspecified atom stereocenters. The van der Waals surface area contributed by atoms with Crippen molar-refractivity contribution < 1.29 is 4.79 Å². The van der Waals surface area contributed by atoms with Crippen LogP contribution in [-0.4, -0.2) is 5.78 Å². The van der Waals surface area contributed by atoms with Crippen molar-refractivity contribution in [3.05, 3.63) is 69.2 Å². The van der Waals surface area contributed by atoms with E-state index >= 15 is 0 Å². The van der Waals surface area contributed by atoms with Crippen LogP contribution in [0.2, 0.25) is 0 Å². The summed E-state index contributed by atoms with van der Waals surface area (Å²) in [5.41, 5.74) is 4.15. The molecule has 2 rings (SSSR count). The van der Waals surface area contributed by atoms with Crippen LogP contribution in [-0.2, 0) is 6.42 Å². The van der Waals surface area contributed by atoms with Gasteiger partial charge in [-0.25, -0.2) is 0 Å². The summed E-state index contributed by atoms with van der Waals surface area (Å²) in [4.78, 5) is 12.2. The fourth-order valence-corrected chi connectivity index (χ4v) is 2.25. The molecule has 92 valence electrons. The van der Waals surface area contributed by atoms with Gasteiger partial charge in [0, 0.05) is 16.5 Å². The van der Waals surface area contributed by atoms with E-state index in [9.17, 15) is 4.79 Å². The number of hydrogen-bond acceptors (Lipinski definition) is 1. The zero-order valence-corrected chi connectivity index (χ0v) is 12.1. The van der Waals surface area contributed by atoms with E-state index in [0.29, 0.717) is 6.42 Å². The molecule has 2 heteroatoms. The molecule has 1 nitrogen and oxygen atoms in total. The van der Waals surface area contributed by atoms with E-state index in [-0.39, 0.29) is 5.78 Å². The summed E-state index contributed by atoms with van der Waals surface area (Å²) in [7, 11) is 0. The first-order valence-corrected chi connectivity index (χ1v) is 6.70. The standard InChI is InChI=1S/C16H15BrO/c1-11-4-3-5-13(8-11)9-16(18)14-7-6-12(2)15(17)10-14/h3-8,10H,9H2,1-2H3. The van der Waals surface area contributed by atoms with Crippen molar-refractivity contribution in [1.29, 1.82) is 0 Å². The van der Waals surface area contributed by atoms with Crippen LogP contribution in [0.15, 0.2) is 46.9 Å². The first-order chi connectivity index (χ1) is 8.56. The third-order valence-corrected chi connectivity index (χ3v) is 3.80. The fraction of sp³-hybridized carbons (Fsp3) is 0.188. The van der Waals surface area contributed by atoms with Gasteiger partial charge in [0.1, 0.15) is 0 Å². The largest absolute Gasteiger partial charge is 0.294 e. The average molecular weight is 303 g/mol. The molecule has 0 aliphatic heterocycles. The lowest BCUT2D eigenvalue weighted by Crippen LogP contribution is -2.03. The van der Waals surface area contributed by atoms with Gasteiger partial charge in [0.2, 0.25) is 0 Å². The summed E-state index contributed by atoms with van der Waals surface area (Å²) in [6, 6.07) is 13.8. The Bertz CT molecular complexity index is 587. The van der Waals surface area contributed by atoms with Crippen molar-refractivity contribution >= 4 is 21.7 Å². The van der Waals surface area contributed by atoms with Crippen molar-refractivity contribution in [3.63, 3.8) is 0 Å². The number of ketones is 1. The van der Waals surface area contributed by atoms with E-state index in [0.717, 1.165) is 21.2 Å². The summed E-state index contributed by atoms with van der Waals surface area (Å²) in [6.45, 7) is 4.05. The molecule has 0 amide bonds. The van der Waals surface area contributed by atoms with Gasteiger partial charge in [0.25, 0.3) is 0 Å². The Morgan fingerprint density at radius 3 is 2.56 bits per heavy atom. The highest BCUT2D eigenvalue weighted by atomic mass is 79.9. The molecule has 0 spiro atoms. The van der Waals surface area contributed by atoms with Gasteiger partial charge >= 0.3 is 0 Å². The predicted octanol–water partition coefficient (Wildman–Crippen LogP) is 4.49. The summed E-state index contributed by atoms with van der Waals surface area (Å²) >= 11 is 3.46. The average Bonchev–Trinajstić information content (AvgIpc) is 2.32. The van der Waals surface area contributed by atoms with Gasteiger partial charge in [-0.2, -0.15) is 0 Å². The minimum Gasteiger partial charge on any atom is -0.294 e. The molecule has 2 aromatic carbocycles. The number of benzene rings is 2. The topological polar surface area (TPSA) is 17.1 Å². The van der Waals surface area contributed by atoms with E-state index in [2.05, 4.69) is 22.0 Å². The molecule has 0 fully saturated rings. The van der Waals surface area contributed by atoms with Crippen LogP contribution in [0, 0.1) is 13.8 Å². The number of Topliss-reactive ketones (excluding diaryl/α,β-unsaturated/α-hetero) is 1. The number of halogens is 1. The van der Waals surface area contributed by atoms with Crippen molar-refractivity contribution in [3.8, 4) is 0 Å². The van der Waals surface area contributed by atoms with Gasteiger partial charge < -0.3 is 0 Å². The second-order valence-corrected chi connectivity index (χ2v) is 5.41. The molecule has 18 heavy (non-hydrogen) atoms. The second-order valence-electron chi connectivity index (χ2n) is 4.55. The van der Waals surface area contributed by atoms with Gasteiger partial charge in [-0.3, -0.25) is 4.79 Å². The second kappa shape index (κ2) is 5.49. The van der Waals surface area contributed by atoms with Crippen LogP contribution in [0.1, 0.15) is 27.0 Å². The zero-order valence-electron chi connectivity index (χ0n) is 10.5. The lowest BCUT2D eigenvalue weighted by molar-refractivity contribution is 0.0993. The number of carbonyl (C=O) groups excluding carboxylic acids is 1. The molecule has 0 aliphatic carbocycles. The van der Waals surface area contributed by atoms with Crippen molar-refractivity contribution in [1.82, 2.24) is 0 Å². The normalized spacial score (nSPS) is 10.4. The SMILES string of the molecule is Cc1cccc(CC(=O)c2ccc(C)c(Br)c2)c1. The fourth-order valence-electron chi connectivity index (χ4n) is 1.88. The maximum Gasteiger partial charge on any atom is 0.167 e. The predicted molar refractivity (Wildman–Crippen MR) is 78.1 cm³/mol. The Hall–Kier alpha value is -1.41. The van der Waals surface area contributed by atoms with Gasteiger partial charge in [-0.1, -0.05) is 57.9 Å². The van der Waals surface area contributed by atoms with E-state index < -0.39 is 0 Å². The van der Waals surface area contributed by atoms with Gasteiger partial charge in [-0.05, 0) is 31.0 Å². The molecule has 0 bridgehead atoms. The highest BCUT2D eigenvalue weighted by Crippen LogP contribution is 2.19. The molecule has 0 saturated carbocycles. The monoisotopic (exact) mass is 302 g/mol. The number of rotatable bonds is 3. The summed E-state index contributed by atoms with van der Waals surface area (Å²) in [5, 5.41) is 0. The molecule has 2 aromatic rings. The minimum atomic E-state index is 0.154. The van der Waals surface area contributed by atoms with Crippen LogP contribution in [0.4, 0.5) is 0 Å². The maximum absolute atomic E-state index is 12.2. The molecule has 0 aromatic heterocycles. The lowest BCUT2D eigenvalue weighted by Gasteiger charge is -2.05. The van der Waals surface area contributed by atoms with Crippen LogP contribution < -0.4 is 0 Å². The molecule has 0 atom stereocenters. The molecular formula is C16H15BrO. The molecule has 0 radical (unpaired) electrons. The summed E-state index contributed by atoms with van der Waals surface area (Å²) in [5.74, 6) is 0.154. The molecular weight excluding hydrogens is 288 g/mol. The highest BCUT2D eigenvalue weighted by Gasteiger charge is 2.08. The number of hydrogen-bond donors (Lipinski definition) is 0. The summed E-state index contributed by atoms with van der Waals surface area (Å²) < 4.78 is 0.984. The third kappa shape index (κ3) is 3.08. The smallest absolute Gasteiger partial charge is 0.167 e. The molecule has 0 aliphatic rings. The van der Waals surface area contributed by atoms with E-state index in [1.807, 2.05) is 50.2 Å². The van der Waals surface area contributed by atoms with Crippen molar-refractivity contribution in [2.45, 2.75) is 20.3 Å². The first kappa shape index (κ1) is 13.0.